The number of pyridine rings is 2. The summed E-state index contributed by atoms with van der Waals surface area (Å²) in [7, 11) is 0. The number of carbonyl (C=O) groups is 2. The molecule has 7 rings (SSSR count). The molecule has 0 bridgehead atoms. The van der Waals surface area contributed by atoms with Crippen molar-refractivity contribution < 1.29 is 28.5 Å². The molecule has 1 aliphatic rings. The molecule has 8 heteroatoms. The molecule has 0 spiro atoms. The van der Waals surface area contributed by atoms with E-state index in [0.29, 0.717) is 47.6 Å². The molecule has 0 amide bonds. The Bertz CT molecular complexity index is 1950. The monoisotopic (exact) mass is 648 g/mol. The van der Waals surface area contributed by atoms with E-state index in [1.165, 1.54) is 34.6 Å². The molecule has 1 aliphatic carbocycles. The van der Waals surface area contributed by atoms with Crippen molar-refractivity contribution in [3.8, 4) is 34.4 Å². The van der Waals surface area contributed by atoms with Crippen molar-refractivity contribution in [1.82, 2.24) is 9.97 Å². The van der Waals surface area contributed by atoms with Gasteiger partial charge in [-0.15, -0.1) is 0 Å². The fourth-order valence-electron chi connectivity index (χ4n) is 6.36. The topological polar surface area (TPSA) is 96.8 Å². The number of hydrogen-bond acceptors (Lipinski definition) is 8. The molecule has 0 atom stereocenters. The SMILES string of the molecule is CCOC(=O)c1ccc(Oc2ccc(C3(c4ccc(Oc5ccc(C(=O)OCC)cn5)cc4)c4ccccc4-c4ccccc43)cc2)nc1. The first-order valence-corrected chi connectivity index (χ1v) is 16.0. The maximum Gasteiger partial charge on any atom is 0.339 e. The van der Waals surface area contributed by atoms with Gasteiger partial charge in [0.15, 0.2) is 0 Å². The minimum atomic E-state index is -0.622. The van der Waals surface area contributed by atoms with Gasteiger partial charge in [0.25, 0.3) is 0 Å². The van der Waals surface area contributed by atoms with Gasteiger partial charge in [0.2, 0.25) is 11.8 Å². The molecule has 2 aromatic heterocycles. The molecular formula is C41H32N2O6. The molecule has 0 unspecified atom stereocenters. The van der Waals surface area contributed by atoms with E-state index in [4.69, 9.17) is 18.9 Å². The number of hydrogen-bond donors (Lipinski definition) is 0. The van der Waals surface area contributed by atoms with Gasteiger partial charge in [-0.2, -0.15) is 0 Å². The summed E-state index contributed by atoms with van der Waals surface area (Å²) < 4.78 is 22.2. The van der Waals surface area contributed by atoms with Crippen molar-refractivity contribution in [2.75, 3.05) is 13.2 Å². The third-order valence-electron chi connectivity index (χ3n) is 8.47. The van der Waals surface area contributed by atoms with Crippen LogP contribution >= 0.6 is 0 Å². The van der Waals surface area contributed by atoms with E-state index in [2.05, 4.69) is 82.8 Å². The molecule has 49 heavy (non-hydrogen) atoms. The second-order valence-electron chi connectivity index (χ2n) is 11.3. The fourth-order valence-corrected chi connectivity index (χ4v) is 6.36. The van der Waals surface area contributed by atoms with Gasteiger partial charge in [0.1, 0.15) is 11.5 Å². The minimum absolute atomic E-state index is 0.295. The van der Waals surface area contributed by atoms with Gasteiger partial charge in [-0.05, 0) is 83.6 Å². The van der Waals surface area contributed by atoms with E-state index in [0.717, 1.165) is 11.1 Å². The zero-order chi connectivity index (χ0) is 33.8. The first kappa shape index (κ1) is 31.3. The van der Waals surface area contributed by atoms with Gasteiger partial charge in [-0.3, -0.25) is 0 Å². The third kappa shape index (κ3) is 5.89. The van der Waals surface area contributed by atoms with E-state index in [1.807, 2.05) is 24.3 Å². The predicted octanol–water partition coefficient (Wildman–Crippen LogP) is 8.78. The molecule has 0 N–H and O–H groups in total. The summed E-state index contributed by atoms with van der Waals surface area (Å²) in [6.07, 6.45) is 2.90. The standard InChI is InChI=1S/C41H32N2O6/c1-3-46-39(44)27-13-23-37(42-25-27)48-31-19-15-29(16-20-31)41(35-11-7-5-9-33(35)34-10-6-8-12-36(34)41)30-17-21-32(22-18-30)49-38-24-14-28(26-43-38)40(45)47-4-2/h5-26H,3-4H2,1-2H3. The van der Waals surface area contributed by atoms with E-state index in [1.54, 1.807) is 38.1 Å². The Kier molecular flexibility index (Phi) is 8.60. The summed E-state index contributed by atoms with van der Waals surface area (Å²) in [6, 6.07) is 39.7. The molecule has 2 heterocycles. The van der Waals surface area contributed by atoms with E-state index >= 15 is 0 Å². The number of fused-ring (bicyclic) bond motifs is 3. The van der Waals surface area contributed by atoms with Crippen molar-refractivity contribution in [2.24, 2.45) is 0 Å². The normalized spacial score (nSPS) is 12.4. The maximum absolute atomic E-state index is 12.0. The highest BCUT2D eigenvalue weighted by molar-refractivity contribution is 5.89. The summed E-state index contributed by atoms with van der Waals surface area (Å²) in [5.74, 6) is 1.11. The smallest absolute Gasteiger partial charge is 0.339 e. The molecule has 0 fully saturated rings. The zero-order valence-electron chi connectivity index (χ0n) is 27.0. The maximum atomic E-state index is 12.0. The summed E-state index contributed by atoms with van der Waals surface area (Å²) in [4.78, 5) is 32.6. The molecule has 0 saturated carbocycles. The van der Waals surface area contributed by atoms with Crippen molar-refractivity contribution in [3.63, 3.8) is 0 Å². The van der Waals surface area contributed by atoms with Gasteiger partial charge in [0.05, 0.1) is 29.8 Å². The largest absolute Gasteiger partial charge is 0.462 e. The Balaban J connectivity index is 1.23. The first-order chi connectivity index (χ1) is 24.0. The Morgan fingerprint density at radius 2 is 0.939 bits per heavy atom. The average Bonchev–Trinajstić information content (AvgIpc) is 3.44. The lowest BCUT2D eigenvalue weighted by Gasteiger charge is -2.34. The van der Waals surface area contributed by atoms with Gasteiger partial charge < -0.3 is 18.9 Å². The van der Waals surface area contributed by atoms with Crippen LogP contribution in [-0.4, -0.2) is 35.1 Å². The minimum Gasteiger partial charge on any atom is -0.462 e. The molecule has 242 valence electrons. The highest BCUT2D eigenvalue weighted by Gasteiger charge is 2.45. The van der Waals surface area contributed by atoms with E-state index in [9.17, 15) is 9.59 Å². The van der Waals surface area contributed by atoms with Gasteiger partial charge in [-0.1, -0.05) is 72.8 Å². The Morgan fingerprint density at radius 3 is 1.31 bits per heavy atom. The van der Waals surface area contributed by atoms with Crippen LogP contribution < -0.4 is 9.47 Å². The molecular weight excluding hydrogens is 616 g/mol. The lowest BCUT2D eigenvalue weighted by molar-refractivity contribution is 0.0516. The van der Waals surface area contributed by atoms with Crippen LogP contribution in [0.1, 0.15) is 56.8 Å². The van der Waals surface area contributed by atoms with E-state index in [-0.39, 0.29) is 0 Å². The summed E-state index contributed by atoms with van der Waals surface area (Å²) in [6.45, 7) is 4.11. The molecule has 0 aliphatic heterocycles. The Hall–Kier alpha value is -6.28. The first-order valence-electron chi connectivity index (χ1n) is 16.0. The van der Waals surface area contributed by atoms with Crippen molar-refractivity contribution >= 4 is 11.9 Å². The highest BCUT2D eigenvalue weighted by atomic mass is 16.5. The number of nitrogens with zero attached hydrogens (tertiary/aromatic N) is 2. The van der Waals surface area contributed by atoms with Crippen molar-refractivity contribution in [1.29, 1.82) is 0 Å². The highest BCUT2D eigenvalue weighted by Crippen LogP contribution is 2.56. The number of rotatable bonds is 10. The number of benzene rings is 4. The van der Waals surface area contributed by atoms with Crippen LogP contribution in [0.2, 0.25) is 0 Å². The number of aromatic nitrogens is 2. The molecule has 0 saturated heterocycles. The second-order valence-corrected chi connectivity index (χ2v) is 11.3. The molecule has 0 radical (unpaired) electrons. The van der Waals surface area contributed by atoms with E-state index < -0.39 is 17.4 Å². The van der Waals surface area contributed by atoms with Crippen LogP contribution in [0.25, 0.3) is 11.1 Å². The molecule has 8 nitrogen and oxygen atoms in total. The van der Waals surface area contributed by atoms with Gasteiger partial charge in [-0.25, -0.2) is 19.6 Å². The van der Waals surface area contributed by atoms with Crippen molar-refractivity contribution in [2.45, 2.75) is 19.3 Å². The zero-order valence-corrected chi connectivity index (χ0v) is 27.0. The quantitative estimate of drug-likeness (QED) is 0.136. The van der Waals surface area contributed by atoms with Crippen LogP contribution in [0.15, 0.2) is 134 Å². The molecule has 6 aromatic rings. The Labute approximate surface area is 283 Å². The second kappa shape index (κ2) is 13.4. The van der Waals surface area contributed by atoms with Crippen molar-refractivity contribution in [3.05, 3.63) is 167 Å². The van der Waals surface area contributed by atoms with Crippen LogP contribution in [0.4, 0.5) is 0 Å². The van der Waals surface area contributed by atoms with Gasteiger partial charge >= 0.3 is 11.9 Å². The summed E-state index contributed by atoms with van der Waals surface area (Å²) in [5.41, 5.74) is 6.93. The Morgan fingerprint density at radius 1 is 0.531 bits per heavy atom. The van der Waals surface area contributed by atoms with Crippen LogP contribution in [0, 0.1) is 0 Å². The number of ether oxygens (including phenoxy) is 4. The van der Waals surface area contributed by atoms with Crippen LogP contribution in [0.3, 0.4) is 0 Å². The average molecular weight is 649 g/mol. The molecule has 4 aromatic carbocycles. The number of carbonyl (C=O) groups excluding carboxylic acids is 2. The lowest BCUT2D eigenvalue weighted by Crippen LogP contribution is -2.28. The van der Waals surface area contributed by atoms with Crippen LogP contribution in [-0.2, 0) is 14.9 Å². The third-order valence-corrected chi connectivity index (χ3v) is 8.47. The summed E-state index contributed by atoms with van der Waals surface area (Å²) >= 11 is 0. The predicted molar refractivity (Wildman–Crippen MR) is 184 cm³/mol. The number of esters is 2. The fraction of sp³-hybridized carbons (Fsp3) is 0.122. The lowest BCUT2D eigenvalue weighted by atomic mass is 9.68. The van der Waals surface area contributed by atoms with Gasteiger partial charge in [0, 0.05) is 24.5 Å². The van der Waals surface area contributed by atoms with Crippen LogP contribution in [0.5, 0.6) is 23.3 Å². The summed E-state index contributed by atoms with van der Waals surface area (Å²) in [5, 5.41) is 0.